The highest BCUT2D eigenvalue weighted by molar-refractivity contribution is 6.45. The number of fused-ring (bicyclic) bond motifs is 1. The fourth-order valence-corrected chi connectivity index (χ4v) is 3.98. The van der Waals surface area contributed by atoms with E-state index in [1.165, 1.54) is 0 Å². The van der Waals surface area contributed by atoms with Gasteiger partial charge in [0.25, 0.3) is 5.91 Å². The third kappa shape index (κ3) is 2.98. The van der Waals surface area contributed by atoms with Gasteiger partial charge in [-0.25, -0.2) is 0 Å². The topological polar surface area (TPSA) is 77.1 Å². The average Bonchev–Trinajstić information content (AvgIpc) is 3.08. The van der Waals surface area contributed by atoms with Gasteiger partial charge < -0.3 is 15.6 Å². The molecule has 0 unspecified atom stereocenters. The van der Waals surface area contributed by atoms with Crippen LogP contribution in [0.1, 0.15) is 42.6 Å². The molecule has 24 heavy (non-hydrogen) atoms. The first kappa shape index (κ1) is 17.1. The summed E-state index contributed by atoms with van der Waals surface area (Å²) in [5, 5.41) is 4.64. The average molecular weight is 368 g/mol. The van der Waals surface area contributed by atoms with E-state index in [-0.39, 0.29) is 12.3 Å². The number of hydrogen-bond acceptors (Lipinski definition) is 2. The highest BCUT2D eigenvalue weighted by Crippen LogP contribution is 2.35. The number of carbonyl (C=O) groups excluding carboxylic acids is 2. The molecular weight excluding hydrogens is 349 g/mol. The van der Waals surface area contributed by atoms with Gasteiger partial charge >= 0.3 is 0 Å². The van der Waals surface area contributed by atoms with Crippen molar-refractivity contribution in [2.75, 3.05) is 0 Å². The Labute approximate surface area is 150 Å². The van der Waals surface area contributed by atoms with Crippen LogP contribution in [0.5, 0.6) is 0 Å². The maximum absolute atomic E-state index is 12.8. The van der Waals surface area contributed by atoms with Crippen molar-refractivity contribution in [3.05, 3.63) is 33.9 Å². The molecule has 1 aliphatic carbocycles. The van der Waals surface area contributed by atoms with Crippen molar-refractivity contribution in [3.8, 4) is 0 Å². The Kier molecular flexibility index (Phi) is 4.49. The summed E-state index contributed by atoms with van der Waals surface area (Å²) in [6.07, 6.45) is 3.64. The summed E-state index contributed by atoms with van der Waals surface area (Å²) in [5.74, 6) is -0.631. The van der Waals surface area contributed by atoms with Crippen LogP contribution in [-0.4, -0.2) is 21.9 Å². The summed E-state index contributed by atoms with van der Waals surface area (Å²) >= 11 is 12.3. The molecule has 0 aliphatic heterocycles. The number of carbonyl (C=O) groups is 2. The number of benzene rings is 1. The second-order valence-electron chi connectivity index (χ2n) is 6.47. The Balaban J connectivity index is 1.95. The third-order valence-corrected chi connectivity index (χ3v) is 5.62. The molecule has 128 valence electrons. The minimum Gasteiger partial charge on any atom is -0.370 e. The number of aromatic nitrogens is 1. The van der Waals surface area contributed by atoms with Crippen LogP contribution in [0, 0.1) is 0 Å². The normalized spacial score (nSPS) is 16.5. The van der Waals surface area contributed by atoms with E-state index in [4.69, 9.17) is 28.9 Å². The molecule has 0 bridgehead atoms. The van der Waals surface area contributed by atoms with E-state index >= 15 is 0 Å². The summed E-state index contributed by atoms with van der Waals surface area (Å²) < 4.78 is 1.78. The smallest absolute Gasteiger partial charge is 0.268 e. The first-order chi connectivity index (χ1) is 11.3. The molecule has 0 atom stereocenters. The van der Waals surface area contributed by atoms with Gasteiger partial charge in [-0.05, 0) is 31.0 Å². The van der Waals surface area contributed by atoms with Gasteiger partial charge in [-0.1, -0.05) is 36.0 Å². The van der Waals surface area contributed by atoms with E-state index < -0.39 is 11.4 Å². The second-order valence-corrected chi connectivity index (χ2v) is 7.25. The lowest BCUT2D eigenvalue weighted by molar-refractivity contribution is -0.119. The van der Waals surface area contributed by atoms with Gasteiger partial charge in [0, 0.05) is 29.9 Å². The van der Waals surface area contributed by atoms with Crippen molar-refractivity contribution in [2.24, 2.45) is 12.8 Å². The summed E-state index contributed by atoms with van der Waals surface area (Å²) in [7, 11) is 1.80. The number of amides is 2. The predicted octanol–water partition coefficient (Wildman–Crippen LogP) is 3.40. The van der Waals surface area contributed by atoms with Gasteiger partial charge in [0.2, 0.25) is 5.91 Å². The molecule has 1 aromatic carbocycles. The number of nitrogens with zero attached hydrogens (tertiary/aromatic N) is 1. The number of halogens is 2. The molecule has 3 N–H and O–H groups in total. The van der Waals surface area contributed by atoms with Crippen LogP contribution in [0.25, 0.3) is 10.9 Å². The molecule has 1 aliphatic rings. The van der Waals surface area contributed by atoms with Gasteiger partial charge in [-0.3, -0.25) is 9.59 Å². The highest BCUT2D eigenvalue weighted by Gasteiger charge is 2.37. The van der Waals surface area contributed by atoms with Crippen LogP contribution in [-0.2, 0) is 11.8 Å². The van der Waals surface area contributed by atoms with E-state index in [1.54, 1.807) is 23.7 Å². The zero-order valence-corrected chi connectivity index (χ0v) is 14.9. The van der Waals surface area contributed by atoms with Crippen molar-refractivity contribution < 1.29 is 9.59 Å². The summed E-state index contributed by atoms with van der Waals surface area (Å²) in [4.78, 5) is 24.2. The lowest BCUT2D eigenvalue weighted by Crippen LogP contribution is -2.49. The molecule has 3 rings (SSSR count). The Morgan fingerprint density at radius 3 is 2.58 bits per heavy atom. The van der Waals surface area contributed by atoms with Crippen molar-refractivity contribution in [3.63, 3.8) is 0 Å². The van der Waals surface area contributed by atoms with E-state index in [9.17, 15) is 9.59 Å². The number of primary amides is 1. The molecule has 2 aromatic rings. The van der Waals surface area contributed by atoms with Gasteiger partial charge in [-0.15, -0.1) is 0 Å². The molecule has 5 nitrogen and oxygen atoms in total. The second kappa shape index (κ2) is 6.30. The SMILES string of the molecule is Cn1c(C(=O)NC2(CC(N)=O)CCCC2)cc2c(Cl)c(Cl)ccc21. The number of nitrogens with two attached hydrogens (primary N) is 1. The Bertz CT molecular complexity index is 823. The van der Waals surface area contributed by atoms with Crippen molar-refractivity contribution in [2.45, 2.75) is 37.6 Å². The fourth-order valence-electron chi connectivity index (χ4n) is 3.60. The molecule has 1 fully saturated rings. The molecule has 0 saturated heterocycles. The van der Waals surface area contributed by atoms with Crippen molar-refractivity contribution in [1.29, 1.82) is 0 Å². The van der Waals surface area contributed by atoms with Crippen LogP contribution < -0.4 is 11.1 Å². The molecule has 2 amide bonds. The van der Waals surface area contributed by atoms with E-state index in [0.29, 0.717) is 15.7 Å². The Morgan fingerprint density at radius 1 is 1.29 bits per heavy atom. The lowest BCUT2D eigenvalue weighted by atomic mass is 9.92. The van der Waals surface area contributed by atoms with Crippen LogP contribution >= 0.6 is 23.2 Å². The predicted molar refractivity (Wildman–Crippen MR) is 95.4 cm³/mol. The molecule has 1 heterocycles. The van der Waals surface area contributed by atoms with Gasteiger partial charge in [-0.2, -0.15) is 0 Å². The first-order valence-corrected chi connectivity index (χ1v) is 8.63. The van der Waals surface area contributed by atoms with Crippen LogP contribution in [0.3, 0.4) is 0 Å². The number of hydrogen-bond donors (Lipinski definition) is 2. The summed E-state index contributed by atoms with van der Waals surface area (Å²) in [6.45, 7) is 0. The monoisotopic (exact) mass is 367 g/mol. The fraction of sp³-hybridized carbons (Fsp3) is 0.412. The zero-order valence-electron chi connectivity index (χ0n) is 13.4. The molecule has 0 radical (unpaired) electrons. The van der Waals surface area contributed by atoms with E-state index in [0.717, 1.165) is 36.6 Å². The van der Waals surface area contributed by atoms with Crippen molar-refractivity contribution in [1.82, 2.24) is 9.88 Å². The molecule has 1 aromatic heterocycles. The zero-order chi connectivity index (χ0) is 17.5. The maximum Gasteiger partial charge on any atom is 0.268 e. The summed E-state index contributed by atoms with van der Waals surface area (Å²) in [5.41, 5.74) is 6.13. The van der Waals surface area contributed by atoms with E-state index in [2.05, 4.69) is 5.32 Å². The minimum absolute atomic E-state index is 0.162. The van der Waals surface area contributed by atoms with Gasteiger partial charge in [0.1, 0.15) is 5.69 Å². The Hall–Kier alpha value is -1.72. The summed E-state index contributed by atoms with van der Waals surface area (Å²) in [6, 6.07) is 5.26. The molecule has 1 saturated carbocycles. The largest absolute Gasteiger partial charge is 0.370 e. The molecule has 0 spiro atoms. The lowest BCUT2D eigenvalue weighted by Gasteiger charge is -2.29. The standard InChI is InChI=1S/C17H19Cl2N3O2/c1-22-12-5-4-11(18)15(19)10(12)8-13(22)16(24)21-17(9-14(20)23)6-2-3-7-17/h4-5,8H,2-3,6-7,9H2,1H3,(H2,20,23)(H,21,24). The maximum atomic E-state index is 12.8. The van der Waals surface area contributed by atoms with Crippen LogP contribution in [0.15, 0.2) is 18.2 Å². The first-order valence-electron chi connectivity index (χ1n) is 7.87. The molecular formula is C17H19Cl2N3O2. The van der Waals surface area contributed by atoms with E-state index in [1.807, 2.05) is 6.07 Å². The minimum atomic E-state index is -0.541. The number of aryl methyl sites for hydroxylation is 1. The van der Waals surface area contributed by atoms with Crippen molar-refractivity contribution >= 4 is 45.9 Å². The highest BCUT2D eigenvalue weighted by atomic mass is 35.5. The van der Waals surface area contributed by atoms with Crippen LogP contribution in [0.4, 0.5) is 0 Å². The number of rotatable bonds is 4. The Morgan fingerprint density at radius 2 is 1.96 bits per heavy atom. The quantitative estimate of drug-likeness (QED) is 0.868. The van der Waals surface area contributed by atoms with Gasteiger partial charge in [0.15, 0.2) is 0 Å². The molecule has 7 heteroatoms. The third-order valence-electron chi connectivity index (χ3n) is 4.80. The van der Waals surface area contributed by atoms with Gasteiger partial charge in [0.05, 0.1) is 10.0 Å². The van der Waals surface area contributed by atoms with Crippen LogP contribution in [0.2, 0.25) is 10.0 Å². The number of nitrogens with one attached hydrogen (secondary N) is 1.